The van der Waals surface area contributed by atoms with Crippen LogP contribution >= 0.6 is 0 Å². The van der Waals surface area contributed by atoms with E-state index in [9.17, 15) is 18.4 Å². The minimum absolute atomic E-state index is 0.0693. The van der Waals surface area contributed by atoms with E-state index in [1.54, 1.807) is 24.3 Å². The van der Waals surface area contributed by atoms with Crippen molar-refractivity contribution in [2.45, 2.75) is 6.54 Å². The molecule has 3 aromatic rings. The summed E-state index contributed by atoms with van der Waals surface area (Å²) in [5, 5.41) is 2.28. The van der Waals surface area contributed by atoms with Gasteiger partial charge in [-0.2, -0.15) is 0 Å². The van der Waals surface area contributed by atoms with Crippen LogP contribution in [0.4, 0.5) is 8.78 Å². The second-order valence-corrected chi connectivity index (χ2v) is 4.73. The van der Waals surface area contributed by atoms with E-state index in [2.05, 4.69) is 5.10 Å². The summed E-state index contributed by atoms with van der Waals surface area (Å²) >= 11 is 0. The largest absolute Gasteiger partial charge is 0.352 e. The van der Waals surface area contributed by atoms with E-state index < -0.39 is 23.0 Å². The van der Waals surface area contributed by atoms with Gasteiger partial charge < -0.3 is 0 Å². The molecule has 0 radical (unpaired) electrons. The van der Waals surface area contributed by atoms with Crippen LogP contribution in [-0.4, -0.2) is 14.3 Å². The van der Waals surface area contributed by atoms with Crippen molar-refractivity contribution in [1.29, 1.82) is 0 Å². The molecule has 5 nitrogen and oxygen atoms in total. The van der Waals surface area contributed by atoms with Crippen LogP contribution in [0.3, 0.4) is 0 Å². The Labute approximate surface area is 123 Å². The first-order valence-corrected chi connectivity index (χ1v) is 6.47. The van der Waals surface area contributed by atoms with Crippen LogP contribution in [0.1, 0.15) is 5.56 Å². The molecule has 0 saturated carbocycles. The highest BCUT2D eigenvalue weighted by Gasteiger charge is 2.12. The fourth-order valence-corrected chi connectivity index (χ4v) is 2.16. The van der Waals surface area contributed by atoms with Crippen LogP contribution < -0.4 is 11.4 Å². The lowest BCUT2D eigenvalue weighted by atomic mass is 10.2. The van der Waals surface area contributed by atoms with Crippen molar-refractivity contribution in [3.05, 3.63) is 86.7 Å². The minimum atomic E-state index is -0.835. The molecule has 0 aliphatic carbocycles. The van der Waals surface area contributed by atoms with E-state index >= 15 is 0 Å². The predicted octanol–water partition coefficient (Wildman–Crippen LogP) is 1.65. The van der Waals surface area contributed by atoms with Gasteiger partial charge in [0.15, 0.2) is 0 Å². The molecule has 0 aliphatic rings. The Hall–Kier alpha value is -2.96. The average Bonchev–Trinajstić information content (AvgIpc) is 2.75. The highest BCUT2D eigenvalue weighted by Crippen LogP contribution is 2.09. The molecule has 0 unspecified atom stereocenters. The Morgan fingerprint density at radius 3 is 2.23 bits per heavy atom. The van der Waals surface area contributed by atoms with Crippen molar-refractivity contribution in [3.8, 4) is 5.69 Å². The maximum absolute atomic E-state index is 13.2. The van der Waals surface area contributed by atoms with E-state index in [-0.39, 0.29) is 12.2 Å². The third kappa shape index (κ3) is 2.60. The highest BCUT2D eigenvalue weighted by molar-refractivity contribution is 5.31. The maximum atomic E-state index is 13.2. The molecule has 7 heteroatoms. The van der Waals surface area contributed by atoms with Crippen molar-refractivity contribution < 1.29 is 8.78 Å². The molecule has 0 saturated heterocycles. The predicted molar refractivity (Wildman–Crippen MR) is 76.1 cm³/mol. The lowest BCUT2D eigenvalue weighted by Crippen LogP contribution is -2.29. The smallest absolute Gasteiger partial charge is 0.246 e. The first-order chi connectivity index (χ1) is 10.5. The number of halogens is 2. The van der Waals surface area contributed by atoms with Crippen LogP contribution in [0.2, 0.25) is 0 Å². The molecule has 0 fully saturated rings. The quantitative estimate of drug-likeness (QED) is 0.800. The molecule has 112 valence electrons. The van der Waals surface area contributed by atoms with Crippen LogP contribution in [0.5, 0.6) is 0 Å². The Morgan fingerprint density at radius 2 is 1.59 bits per heavy atom. The standard InChI is InChI=1S/C15H11F2N3O2/c16-11-6-12(17)8-13(7-11)20-15(22)19(14(21)18-20)9-10-4-2-1-3-5-10/h1-8H,9H2,(H,18,21). The third-order valence-electron chi connectivity index (χ3n) is 3.16. The second-order valence-electron chi connectivity index (χ2n) is 4.73. The number of hydrogen-bond acceptors (Lipinski definition) is 2. The summed E-state index contributed by atoms with van der Waals surface area (Å²) in [4.78, 5) is 24.2. The molecular formula is C15H11F2N3O2. The van der Waals surface area contributed by atoms with Gasteiger partial charge in [-0.05, 0) is 17.7 Å². The van der Waals surface area contributed by atoms with Crippen LogP contribution in [0.15, 0.2) is 58.1 Å². The highest BCUT2D eigenvalue weighted by atomic mass is 19.1. The van der Waals surface area contributed by atoms with E-state index in [1.165, 1.54) is 0 Å². The van der Waals surface area contributed by atoms with E-state index in [0.717, 1.165) is 26.9 Å². The topological polar surface area (TPSA) is 59.8 Å². The summed E-state index contributed by atoms with van der Waals surface area (Å²) < 4.78 is 28.3. The molecule has 0 bridgehead atoms. The van der Waals surface area contributed by atoms with Gasteiger partial charge in [0, 0.05) is 6.07 Å². The Kier molecular flexibility index (Phi) is 3.46. The zero-order valence-electron chi connectivity index (χ0n) is 11.3. The van der Waals surface area contributed by atoms with E-state index in [0.29, 0.717) is 6.07 Å². The number of nitrogens with one attached hydrogen (secondary N) is 1. The van der Waals surface area contributed by atoms with Crippen molar-refractivity contribution in [2.24, 2.45) is 0 Å². The maximum Gasteiger partial charge on any atom is 0.352 e. The van der Waals surface area contributed by atoms with E-state index in [1.807, 2.05) is 6.07 Å². The van der Waals surface area contributed by atoms with Crippen LogP contribution in [-0.2, 0) is 6.54 Å². The van der Waals surface area contributed by atoms with Gasteiger partial charge >= 0.3 is 11.4 Å². The zero-order valence-corrected chi connectivity index (χ0v) is 11.3. The molecule has 3 rings (SSSR count). The van der Waals surface area contributed by atoms with Crippen molar-refractivity contribution in [1.82, 2.24) is 14.3 Å². The SMILES string of the molecule is O=c1[nH]n(-c2cc(F)cc(F)c2)c(=O)n1Cc1ccccc1. The molecule has 2 aromatic carbocycles. The number of benzene rings is 2. The summed E-state index contributed by atoms with van der Waals surface area (Å²) in [5.74, 6) is -1.67. The van der Waals surface area contributed by atoms with Gasteiger partial charge in [0.05, 0.1) is 12.2 Å². The fraction of sp³-hybridized carbons (Fsp3) is 0.0667. The van der Waals surface area contributed by atoms with Crippen molar-refractivity contribution in [2.75, 3.05) is 0 Å². The van der Waals surface area contributed by atoms with Gasteiger partial charge in [-0.3, -0.25) is 0 Å². The Bertz CT molecular complexity index is 906. The second kappa shape index (κ2) is 5.44. The van der Waals surface area contributed by atoms with Crippen molar-refractivity contribution >= 4 is 0 Å². The normalized spacial score (nSPS) is 10.8. The van der Waals surface area contributed by atoms with Gasteiger partial charge in [0.2, 0.25) is 0 Å². The number of rotatable bonds is 3. The molecule has 0 spiro atoms. The lowest BCUT2D eigenvalue weighted by Gasteiger charge is -2.02. The van der Waals surface area contributed by atoms with Gasteiger partial charge in [-0.25, -0.2) is 32.7 Å². The zero-order chi connectivity index (χ0) is 15.7. The number of H-pyrrole nitrogens is 1. The Balaban J connectivity index is 2.07. The third-order valence-corrected chi connectivity index (χ3v) is 3.16. The summed E-state index contributed by atoms with van der Waals surface area (Å²) in [6.07, 6.45) is 0. The monoisotopic (exact) mass is 303 g/mol. The van der Waals surface area contributed by atoms with Crippen LogP contribution in [0.25, 0.3) is 5.69 Å². The average molecular weight is 303 g/mol. The number of aromatic amines is 1. The van der Waals surface area contributed by atoms with Gasteiger partial charge in [0.1, 0.15) is 11.6 Å². The first-order valence-electron chi connectivity index (χ1n) is 6.47. The summed E-state index contributed by atoms with van der Waals surface area (Å²) in [7, 11) is 0. The number of hydrogen-bond donors (Lipinski definition) is 1. The summed E-state index contributed by atoms with van der Waals surface area (Å²) in [6, 6.07) is 11.5. The van der Waals surface area contributed by atoms with Gasteiger partial charge in [-0.1, -0.05) is 30.3 Å². The molecule has 1 N–H and O–H groups in total. The summed E-state index contributed by atoms with van der Waals surface area (Å²) in [6.45, 7) is 0.0693. The molecule has 0 atom stereocenters. The van der Waals surface area contributed by atoms with Crippen molar-refractivity contribution in [3.63, 3.8) is 0 Å². The Morgan fingerprint density at radius 1 is 0.955 bits per heavy atom. The molecule has 1 aromatic heterocycles. The lowest BCUT2D eigenvalue weighted by molar-refractivity contribution is 0.579. The van der Waals surface area contributed by atoms with Gasteiger partial charge in [-0.15, -0.1) is 0 Å². The molecule has 0 aliphatic heterocycles. The van der Waals surface area contributed by atoms with E-state index in [4.69, 9.17) is 0 Å². The molecule has 1 heterocycles. The number of nitrogens with zero attached hydrogens (tertiary/aromatic N) is 2. The minimum Gasteiger partial charge on any atom is -0.246 e. The summed E-state index contributed by atoms with van der Waals surface area (Å²) in [5.41, 5.74) is -0.665. The number of aromatic nitrogens is 3. The first kappa shape index (κ1) is 14.0. The molecule has 22 heavy (non-hydrogen) atoms. The van der Waals surface area contributed by atoms with Gasteiger partial charge in [0.25, 0.3) is 0 Å². The fourth-order valence-electron chi connectivity index (χ4n) is 2.16. The molecular weight excluding hydrogens is 292 g/mol. The molecule has 0 amide bonds. The van der Waals surface area contributed by atoms with Crippen LogP contribution in [0, 0.1) is 11.6 Å².